The van der Waals surface area contributed by atoms with Crippen LogP contribution in [0.5, 0.6) is 0 Å². The van der Waals surface area contributed by atoms with Gasteiger partial charge in [0.1, 0.15) is 0 Å². The van der Waals surface area contributed by atoms with E-state index < -0.39 is 0 Å². The highest BCUT2D eigenvalue weighted by atomic mass is 16.2. The quantitative estimate of drug-likeness (QED) is 0.747. The minimum absolute atomic E-state index is 0.264. The molecule has 2 atom stereocenters. The van der Waals surface area contributed by atoms with Gasteiger partial charge in [-0.3, -0.25) is 4.79 Å². The number of hydrogen-bond acceptors (Lipinski definition) is 3. The molecule has 0 bridgehead atoms. The van der Waals surface area contributed by atoms with Crippen LogP contribution in [0, 0.1) is 11.8 Å². The van der Waals surface area contributed by atoms with E-state index in [4.69, 9.17) is 5.73 Å². The van der Waals surface area contributed by atoms with Gasteiger partial charge in [0.05, 0.1) is 0 Å². The van der Waals surface area contributed by atoms with Gasteiger partial charge in [-0.1, -0.05) is 6.92 Å². The van der Waals surface area contributed by atoms with Crippen LogP contribution in [0.1, 0.15) is 26.2 Å². The highest BCUT2D eigenvalue weighted by Crippen LogP contribution is 2.16. The van der Waals surface area contributed by atoms with Crippen molar-refractivity contribution in [1.29, 1.82) is 0 Å². The van der Waals surface area contributed by atoms with E-state index >= 15 is 0 Å². The Bertz CT molecular complexity index is 245. The average Bonchev–Trinajstić information content (AvgIpc) is 2.70. The first-order valence-electron chi connectivity index (χ1n) is 6.65. The molecule has 2 N–H and O–H groups in total. The Hall–Kier alpha value is -0.610. The number of hydrogen-bond donors (Lipinski definition) is 1. The molecule has 1 rings (SSSR count). The van der Waals surface area contributed by atoms with E-state index in [1.54, 1.807) is 0 Å². The first kappa shape index (κ1) is 14.5. The maximum Gasteiger partial charge on any atom is 0.222 e. The Balaban J connectivity index is 2.22. The Morgan fingerprint density at radius 3 is 2.82 bits per heavy atom. The summed E-state index contributed by atoms with van der Waals surface area (Å²) in [6.45, 7) is 5.96. The predicted molar refractivity (Wildman–Crippen MR) is 70.7 cm³/mol. The van der Waals surface area contributed by atoms with Crippen LogP contribution in [0.15, 0.2) is 0 Å². The van der Waals surface area contributed by atoms with Gasteiger partial charge in [0.2, 0.25) is 5.91 Å². The largest absolute Gasteiger partial charge is 0.345 e. The molecule has 0 aromatic heterocycles. The molecule has 0 saturated carbocycles. The van der Waals surface area contributed by atoms with Gasteiger partial charge in [-0.25, -0.2) is 0 Å². The summed E-state index contributed by atoms with van der Waals surface area (Å²) in [6, 6.07) is 0. The molecule has 1 aliphatic rings. The molecule has 1 fully saturated rings. The van der Waals surface area contributed by atoms with E-state index in [0.29, 0.717) is 24.8 Å². The molecule has 0 aromatic rings. The molecule has 0 aromatic carbocycles. The molecule has 4 heteroatoms. The topological polar surface area (TPSA) is 49.6 Å². The SMILES string of the molecule is CC(CN)CCC(=O)N(C)CC1CCN(C)C1. The molecule has 1 heterocycles. The molecule has 0 aliphatic carbocycles. The molecule has 1 amide bonds. The Morgan fingerprint density at radius 1 is 1.59 bits per heavy atom. The van der Waals surface area contributed by atoms with Crippen LogP contribution in [-0.4, -0.2) is 56.0 Å². The van der Waals surface area contributed by atoms with Crippen molar-refractivity contribution in [3.8, 4) is 0 Å². The number of amides is 1. The van der Waals surface area contributed by atoms with E-state index in [0.717, 1.165) is 26.1 Å². The first-order chi connectivity index (χ1) is 8.02. The van der Waals surface area contributed by atoms with Gasteiger partial charge in [0.25, 0.3) is 0 Å². The summed E-state index contributed by atoms with van der Waals surface area (Å²) in [5.41, 5.74) is 5.55. The summed E-state index contributed by atoms with van der Waals surface area (Å²) in [6.07, 6.45) is 2.76. The number of carbonyl (C=O) groups excluding carboxylic acids is 1. The number of carbonyl (C=O) groups is 1. The third-order valence-electron chi connectivity index (χ3n) is 3.70. The number of nitrogens with zero attached hydrogens (tertiary/aromatic N) is 2. The van der Waals surface area contributed by atoms with Gasteiger partial charge in [-0.15, -0.1) is 0 Å². The van der Waals surface area contributed by atoms with Crippen molar-refractivity contribution in [2.75, 3.05) is 40.3 Å². The van der Waals surface area contributed by atoms with Crippen LogP contribution in [0.2, 0.25) is 0 Å². The fourth-order valence-electron chi connectivity index (χ4n) is 2.34. The van der Waals surface area contributed by atoms with Gasteiger partial charge in [-0.2, -0.15) is 0 Å². The molecule has 4 nitrogen and oxygen atoms in total. The standard InChI is InChI=1S/C13H27N3O/c1-11(8-14)4-5-13(17)16(3)10-12-6-7-15(2)9-12/h11-12H,4-10,14H2,1-3H3. The Morgan fingerprint density at radius 2 is 2.29 bits per heavy atom. The second kappa shape index (κ2) is 6.97. The number of rotatable bonds is 6. The van der Waals surface area contributed by atoms with Gasteiger partial charge in [-0.05, 0) is 44.8 Å². The number of nitrogens with two attached hydrogens (primary N) is 1. The highest BCUT2D eigenvalue weighted by Gasteiger charge is 2.22. The first-order valence-corrected chi connectivity index (χ1v) is 6.65. The molecule has 17 heavy (non-hydrogen) atoms. The van der Waals surface area contributed by atoms with E-state index in [-0.39, 0.29) is 5.91 Å². The summed E-state index contributed by atoms with van der Waals surface area (Å²) in [5.74, 6) is 1.37. The maximum absolute atomic E-state index is 11.9. The molecular weight excluding hydrogens is 214 g/mol. The van der Waals surface area contributed by atoms with Crippen molar-refractivity contribution in [3.63, 3.8) is 0 Å². The average molecular weight is 241 g/mol. The van der Waals surface area contributed by atoms with Crippen molar-refractivity contribution in [3.05, 3.63) is 0 Å². The van der Waals surface area contributed by atoms with Gasteiger partial charge < -0.3 is 15.5 Å². The van der Waals surface area contributed by atoms with Crippen LogP contribution >= 0.6 is 0 Å². The van der Waals surface area contributed by atoms with Crippen LogP contribution in [-0.2, 0) is 4.79 Å². The molecule has 0 spiro atoms. The lowest BCUT2D eigenvalue weighted by Gasteiger charge is -2.21. The molecule has 100 valence electrons. The van der Waals surface area contributed by atoms with Crippen molar-refractivity contribution in [2.45, 2.75) is 26.2 Å². The zero-order valence-corrected chi connectivity index (χ0v) is 11.5. The summed E-state index contributed by atoms with van der Waals surface area (Å²) in [4.78, 5) is 16.1. The maximum atomic E-state index is 11.9. The second-order valence-corrected chi connectivity index (χ2v) is 5.57. The lowest BCUT2D eigenvalue weighted by Crippen LogP contribution is -2.33. The van der Waals surface area contributed by atoms with E-state index in [1.807, 2.05) is 11.9 Å². The summed E-state index contributed by atoms with van der Waals surface area (Å²) in [5, 5.41) is 0. The van der Waals surface area contributed by atoms with Crippen molar-refractivity contribution < 1.29 is 4.79 Å². The monoisotopic (exact) mass is 241 g/mol. The number of likely N-dealkylation sites (tertiary alicyclic amines) is 1. The van der Waals surface area contributed by atoms with E-state index in [2.05, 4.69) is 18.9 Å². The summed E-state index contributed by atoms with van der Waals surface area (Å²) >= 11 is 0. The molecule has 1 aliphatic heterocycles. The zero-order valence-electron chi connectivity index (χ0n) is 11.5. The normalized spacial score (nSPS) is 22.7. The smallest absolute Gasteiger partial charge is 0.222 e. The fraction of sp³-hybridized carbons (Fsp3) is 0.923. The van der Waals surface area contributed by atoms with Crippen LogP contribution in [0.4, 0.5) is 0 Å². The van der Waals surface area contributed by atoms with Crippen molar-refractivity contribution in [1.82, 2.24) is 9.80 Å². The highest BCUT2D eigenvalue weighted by molar-refractivity contribution is 5.75. The molecular formula is C13H27N3O. The lowest BCUT2D eigenvalue weighted by molar-refractivity contribution is -0.130. The fourth-order valence-corrected chi connectivity index (χ4v) is 2.34. The van der Waals surface area contributed by atoms with Gasteiger partial charge in [0.15, 0.2) is 0 Å². The summed E-state index contributed by atoms with van der Waals surface area (Å²) < 4.78 is 0. The Labute approximate surface area is 105 Å². The molecule has 0 radical (unpaired) electrons. The van der Waals surface area contributed by atoms with Crippen molar-refractivity contribution >= 4 is 5.91 Å². The van der Waals surface area contributed by atoms with E-state index in [1.165, 1.54) is 6.42 Å². The van der Waals surface area contributed by atoms with Gasteiger partial charge >= 0.3 is 0 Å². The van der Waals surface area contributed by atoms with Gasteiger partial charge in [0, 0.05) is 26.6 Å². The van der Waals surface area contributed by atoms with Crippen LogP contribution < -0.4 is 5.73 Å². The van der Waals surface area contributed by atoms with Crippen molar-refractivity contribution in [2.24, 2.45) is 17.6 Å². The third kappa shape index (κ3) is 5.04. The third-order valence-corrected chi connectivity index (χ3v) is 3.70. The zero-order chi connectivity index (χ0) is 12.8. The minimum atomic E-state index is 0.264. The second-order valence-electron chi connectivity index (χ2n) is 5.57. The summed E-state index contributed by atoms with van der Waals surface area (Å²) in [7, 11) is 4.07. The minimum Gasteiger partial charge on any atom is -0.345 e. The predicted octanol–water partition coefficient (Wildman–Crippen LogP) is 0.772. The molecule has 1 saturated heterocycles. The van der Waals surface area contributed by atoms with E-state index in [9.17, 15) is 4.79 Å². The van der Waals surface area contributed by atoms with Crippen LogP contribution in [0.25, 0.3) is 0 Å². The Kier molecular flexibility index (Phi) is 5.92. The molecule has 2 unspecified atom stereocenters. The van der Waals surface area contributed by atoms with Crippen LogP contribution in [0.3, 0.4) is 0 Å². The lowest BCUT2D eigenvalue weighted by atomic mass is 10.0.